The van der Waals surface area contributed by atoms with Gasteiger partial charge < -0.3 is 10.3 Å². The third-order valence-electron chi connectivity index (χ3n) is 3.55. The van der Waals surface area contributed by atoms with Crippen molar-refractivity contribution in [2.45, 2.75) is 51.6 Å². The monoisotopic (exact) mass is 237 g/mol. The Balaban J connectivity index is 2.26. The summed E-state index contributed by atoms with van der Waals surface area (Å²) in [7, 11) is 0. The summed E-state index contributed by atoms with van der Waals surface area (Å²) in [6.45, 7) is 8.68. The molecule has 1 aromatic heterocycles. The van der Waals surface area contributed by atoms with Crippen molar-refractivity contribution >= 4 is 0 Å². The van der Waals surface area contributed by atoms with Crippen molar-refractivity contribution in [3.05, 3.63) is 17.5 Å². The molecular formula is C13H23N3O. The normalized spacial score (nSPS) is 25.9. The van der Waals surface area contributed by atoms with Crippen molar-refractivity contribution in [2.24, 2.45) is 5.73 Å². The number of nitrogens with two attached hydrogens (primary N) is 1. The largest absolute Gasteiger partial charge is 0.364 e. The van der Waals surface area contributed by atoms with Crippen LogP contribution in [0.2, 0.25) is 0 Å². The SMILES string of the molecule is CCCN1CC[C@@H](N)[C@@H]1c1conc1C(C)C. The highest BCUT2D eigenvalue weighted by molar-refractivity contribution is 5.25. The number of rotatable bonds is 4. The van der Waals surface area contributed by atoms with Crippen LogP contribution in [0, 0.1) is 0 Å². The first-order valence-electron chi connectivity index (χ1n) is 6.59. The standard InChI is InChI=1S/C13H23N3O/c1-4-6-16-7-5-11(14)13(16)10-8-17-15-12(10)9(2)3/h8-9,11,13H,4-7,14H2,1-3H3/t11-,13+/m1/s1. The van der Waals surface area contributed by atoms with Gasteiger partial charge in [0.25, 0.3) is 0 Å². The summed E-state index contributed by atoms with van der Waals surface area (Å²) in [6.07, 6.45) is 4.01. The van der Waals surface area contributed by atoms with E-state index >= 15 is 0 Å². The maximum absolute atomic E-state index is 6.25. The molecule has 96 valence electrons. The van der Waals surface area contributed by atoms with Gasteiger partial charge >= 0.3 is 0 Å². The average molecular weight is 237 g/mol. The molecule has 0 bridgehead atoms. The lowest BCUT2D eigenvalue weighted by molar-refractivity contribution is 0.246. The molecule has 0 unspecified atom stereocenters. The van der Waals surface area contributed by atoms with Gasteiger partial charge in [0.1, 0.15) is 6.26 Å². The van der Waals surface area contributed by atoms with Crippen LogP contribution in [0.15, 0.2) is 10.8 Å². The van der Waals surface area contributed by atoms with E-state index in [1.54, 1.807) is 6.26 Å². The minimum Gasteiger partial charge on any atom is -0.364 e. The van der Waals surface area contributed by atoms with Crippen molar-refractivity contribution in [1.29, 1.82) is 0 Å². The second-order valence-corrected chi connectivity index (χ2v) is 5.24. The Morgan fingerprint density at radius 2 is 2.35 bits per heavy atom. The Bertz CT molecular complexity index is 359. The summed E-state index contributed by atoms with van der Waals surface area (Å²) >= 11 is 0. The Kier molecular flexibility index (Phi) is 3.84. The molecule has 0 spiro atoms. The Morgan fingerprint density at radius 3 is 3.00 bits per heavy atom. The van der Waals surface area contributed by atoms with Crippen molar-refractivity contribution in [3.63, 3.8) is 0 Å². The van der Waals surface area contributed by atoms with E-state index in [9.17, 15) is 0 Å². The fourth-order valence-corrected chi connectivity index (χ4v) is 2.76. The van der Waals surface area contributed by atoms with Crippen LogP contribution in [0.25, 0.3) is 0 Å². The number of hydrogen-bond donors (Lipinski definition) is 1. The molecule has 1 saturated heterocycles. The number of hydrogen-bond acceptors (Lipinski definition) is 4. The summed E-state index contributed by atoms with van der Waals surface area (Å²) in [5, 5.41) is 4.13. The van der Waals surface area contributed by atoms with E-state index in [0.29, 0.717) is 12.0 Å². The first-order valence-corrected chi connectivity index (χ1v) is 6.59. The predicted octanol–water partition coefficient (Wildman–Crippen LogP) is 2.28. The lowest BCUT2D eigenvalue weighted by atomic mass is 9.96. The Hall–Kier alpha value is -0.870. The van der Waals surface area contributed by atoms with Crippen LogP contribution >= 0.6 is 0 Å². The molecule has 1 aliphatic heterocycles. The van der Waals surface area contributed by atoms with Crippen LogP contribution in [-0.2, 0) is 0 Å². The molecule has 0 aliphatic carbocycles. The van der Waals surface area contributed by atoms with Gasteiger partial charge in [-0.3, -0.25) is 4.90 Å². The number of aromatic nitrogens is 1. The van der Waals surface area contributed by atoms with Gasteiger partial charge in [0.2, 0.25) is 0 Å². The molecule has 0 saturated carbocycles. The maximum Gasteiger partial charge on any atom is 0.128 e. The third kappa shape index (κ3) is 2.38. The topological polar surface area (TPSA) is 55.3 Å². The highest BCUT2D eigenvalue weighted by Gasteiger charge is 2.35. The van der Waals surface area contributed by atoms with E-state index in [4.69, 9.17) is 10.3 Å². The van der Waals surface area contributed by atoms with Crippen molar-refractivity contribution < 1.29 is 4.52 Å². The molecule has 1 aromatic rings. The van der Waals surface area contributed by atoms with Crippen LogP contribution in [0.3, 0.4) is 0 Å². The van der Waals surface area contributed by atoms with E-state index in [0.717, 1.165) is 31.6 Å². The summed E-state index contributed by atoms with van der Waals surface area (Å²) in [5.41, 5.74) is 8.51. The fraction of sp³-hybridized carbons (Fsp3) is 0.769. The van der Waals surface area contributed by atoms with Gasteiger partial charge in [0.15, 0.2) is 0 Å². The molecule has 4 heteroatoms. The highest BCUT2D eigenvalue weighted by Crippen LogP contribution is 2.35. The Labute approximate surface area is 103 Å². The molecule has 0 radical (unpaired) electrons. The van der Waals surface area contributed by atoms with E-state index in [1.165, 1.54) is 5.56 Å². The van der Waals surface area contributed by atoms with Crippen LogP contribution < -0.4 is 5.73 Å². The van der Waals surface area contributed by atoms with Gasteiger partial charge in [-0.1, -0.05) is 25.9 Å². The lowest BCUT2D eigenvalue weighted by Gasteiger charge is -2.26. The summed E-state index contributed by atoms with van der Waals surface area (Å²) < 4.78 is 5.16. The molecule has 17 heavy (non-hydrogen) atoms. The van der Waals surface area contributed by atoms with Gasteiger partial charge in [-0.2, -0.15) is 0 Å². The summed E-state index contributed by atoms with van der Waals surface area (Å²) in [6, 6.07) is 0.497. The smallest absolute Gasteiger partial charge is 0.128 e. The van der Waals surface area contributed by atoms with Gasteiger partial charge in [0.05, 0.1) is 11.7 Å². The first-order chi connectivity index (χ1) is 8.15. The molecule has 2 heterocycles. The summed E-state index contributed by atoms with van der Waals surface area (Å²) in [4.78, 5) is 2.46. The molecule has 2 rings (SSSR count). The maximum atomic E-state index is 6.25. The average Bonchev–Trinajstić information content (AvgIpc) is 2.85. The van der Waals surface area contributed by atoms with Crippen LogP contribution in [-0.4, -0.2) is 29.2 Å². The molecule has 0 amide bonds. The third-order valence-corrected chi connectivity index (χ3v) is 3.55. The molecular weight excluding hydrogens is 214 g/mol. The van der Waals surface area contributed by atoms with Gasteiger partial charge in [-0.05, 0) is 25.3 Å². The number of nitrogens with zero attached hydrogens (tertiary/aromatic N) is 2. The molecule has 1 fully saturated rings. The van der Waals surface area contributed by atoms with E-state index in [2.05, 4.69) is 30.8 Å². The quantitative estimate of drug-likeness (QED) is 0.873. The van der Waals surface area contributed by atoms with Gasteiger partial charge in [-0.25, -0.2) is 0 Å². The zero-order valence-corrected chi connectivity index (χ0v) is 11.0. The summed E-state index contributed by atoms with van der Waals surface area (Å²) in [5.74, 6) is 0.389. The van der Waals surface area contributed by atoms with Crippen molar-refractivity contribution in [2.75, 3.05) is 13.1 Å². The van der Waals surface area contributed by atoms with Crippen LogP contribution in [0.4, 0.5) is 0 Å². The highest BCUT2D eigenvalue weighted by atomic mass is 16.5. The van der Waals surface area contributed by atoms with Gasteiger partial charge in [0, 0.05) is 18.2 Å². The molecule has 0 aromatic carbocycles. The lowest BCUT2D eigenvalue weighted by Crippen LogP contribution is -2.32. The van der Waals surface area contributed by atoms with Crippen LogP contribution in [0.5, 0.6) is 0 Å². The second kappa shape index (κ2) is 5.19. The zero-order chi connectivity index (χ0) is 12.4. The minimum absolute atomic E-state index is 0.207. The predicted molar refractivity (Wildman–Crippen MR) is 67.8 cm³/mol. The Morgan fingerprint density at radius 1 is 1.59 bits per heavy atom. The first kappa shape index (κ1) is 12.6. The van der Waals surface area contributed by atoms with E-state index < -0.39 is 0 Å². The van der Waals surface area contributed by atoms with Crippen molar-refractivity contribution in [3.8, 4) is 0 Å². The molecule has 2 atom stereocenters. The fourth-order valence-electron chi connectivity index (χ4n) is 2.76. The van der Waals surface area contributed by atoms with Gasteiger partial charge in [-0.15, -0.1) is 0 Å². The zero-order valence-electron chi connectivity index (χ0n) is 11.0. The molecule has 4 nitrogen and oxygen atoms in total. The van der Waals surface area contributed by atoms with Crippen LogP contribution in [0.1, 0.15) is 56.8 Å². The van der Waals surface area contributed by atoms with E-state index in [1.807, 2.05) is 0 Å². The molecule has 1 aliphatic rings. The second-order valence-electron chi connectivity index (χ2n) is 5.24. The van der Waals surface area contributed by atoms with Crippen molar-refractivity contribution in [1.82, 2.24) is 10.1 Å². The number of likely N-dealkylation sites (tertiary alicyclic amines) is 1. The van der Waals surface area contributed by atoms with E-state index in [-0.39, 0.29) is 6.04 Å². The minimum atomic E-state index is 0.207. The molecule has 2 N–H and O–H groups in total.